The molecular formula is C9H11NO. The minimum Gasteiger partial charge on any atom is -0.506 e. The van der Waals surface area contributed by atoms with Crippen molar-refractivity contribution in [3.05, 3.63) is 24.0 Å². The number of hydrogen-bond donors (Lipinski definition) is 1. The molecule has 1 heterocycles. The number of rotatable bonds is 1. The van der Waals surface area contributed by atoms with E-state index in [1.807, 2.05) is 6.07 Å². The summed E-state index contributed by atoms with van der Waals surface area (Å²) in [5, 5.41) is 8.98. The maximum Gasteiger partial charge on any atom is 0.133 e. The average Bonchev–Trinajstić information content (AvgIpc) is 2.70. The van der Waals surface area contributed by atoms with Crippen LogP contribution in [0, 0.1) is 0 Å². The molecule has 0 aromatic carbocycles. The highest BCUT2D eigenvalue weighted by Crippen LogP contribution is 2.46. The smallest absolute Gasteiger partial charge is 0.133 e. The Kier molecular flexibility index (Phi) is 1.19. The van der Waals surface area contributed by atoms with Gasteiger partial charge in [-0.2, -0.15) is 0 Å². The van der Waals surface area contributed by atoms with Crippen LogP contribution in [0.5, 0.6) is 5.75 Å². The van der Waals surface area contributed by atoms with Crippen LogP contribution < -0.4 is 0 Å². The zero-order valence-corrected chi connectivity index (χ0v) is 6.54. The van der Waals surface area contributed by atoms with Crippen LogP contribution in [0.15, 0.2) is 18.3 Å². The highest BCUT2D eigenvalue weighted by molar-refractivity contribution is 5.27. The monoisotopic (exact) mass is 149 g/mol. The zero-order valence-electron chi connectivity index (χ0n) is 6.54. The van der Waals surface area contributed by atoms with Crippen LogP contribution in [-0.4, -0.2) is 10.1 Å². The van der Waals surface area contributed by atoms with Crippen LogP contribution in [0.25, 0.3) is 0 Å². The van der Waals surface area contributed by atoms with E-state index in [-0.39, 0.29) is 5.75 Å². The first-order valence-corrected chi connectivity index (χ1v) is 3.86. The van der Waals surface area contributed by atoms with Gasteiger partial charge in [0.2, 0.25) is 0 Å². The second kappa shape index (κ2) is 1.97. The van der Waals surface area contributed by atoms with Gasteiger partial charge >= 0.3 is 0 Å². The van der Waals surface area contributed by atoms with E-state index < -0.39 is 0 Å². The largest absolute Gasteiger partial charge is 0.506 e. The molecule has 1 aliphatic rings. The molecule has 1 aromatic rings. The predicted octanol–water partition coefficient (Wildman–Crippen LogP) is 1.84. The van der Waals surface area contributed by atoms with E-state index in [1.54, 1.807) is 6.07 Å². The van der Waals surface area contributed by atoms with E-state index in [4.69, 9.17) is 5.11 Å². The molecule has 2 rings (SSSR count). The summed E-state index contributed by atoms with van der Waals surface area (Å²) in [7, 11) is 0. The lowest BCUT2D eigenvalue weighted by atomic mass is 10.1. The van der Waals surface area contributed by atoms with E-state index in [1.165, 1.54) is 19.0 Å². The van der Waals surface area contributed by atoms with Crippen molar-refractivity contribution < 1.29 is 5.11 Å². The molecule has 1 N–H and O–H groups in total. The topological polar surface area (TPSA) is 33.1 Å². The lowest BCUT2D eigenvalue weighted by Gasteiger charge is -2.05. The Labute approximate surface area is 65.9 Å². The molecule has 1 aliphatic carbocycles. The van der Waals surface area contributed by atoms with Crippen molar-refractivity contribution in [2.75, 3.05) is 0 Å². The van der Waals surface area contributed by atoms with Crippen LogP contribution in [0.1, 0.15) is 25.5 Å². The zero-order chi connectivity index (χ0) is 7.90. The van der Waals surface area contributed by atoms with Crippen LogP contribution in [0.4, 0.5) is 0 Å². The number of nitrogens with zero attached hydrogens (tertiary/aromatic N) is 1. The van der Waals surface area contributed by atoms with Gasteiger partial charge in [-0.1, -0.05) is 6.92 Å². The quantitative estimate of drug-likeness (QED) is 0.660. The summed E-state index contributed by atoms with van der Waals surface area (Å²) in [4.78, 5) is 4.16. The third-order valence-corrected chi connectivity index (χ3v) is 2.37. The Morgan fingerprint density at radius 1 is 1.45 bits per heavy atom. The van der Waals surface area contributed by atoms with Crippen molar-refractivity contribution in [2.45, 2.75) is 25.2 Å². The van der Waals surface area contributed by atoms with Crippen molar-refractivity contribution >= 4 is 0 Å². The van der Waals surface area contributed by atoms with Gasteiger partial charge in [0.15, 0.2) is 0 Å². The van der Waals surface area contributed by atoms with Crippen LogP contribution in [0.2, 0.25) is 0 Å². The summed E-state index contributed by atoms with van der Waals surface area (Å²) < 4.78 is 0. The van der Waals surface area contributed by atoms with Crippen molar-refractivity contribution in [3.63, 3.8) is 0 Å². The molecule has 1 aromatic heterocycles. The summed E-state index contributed by atoms with van der Waals surface area (Å²) in [5.74, 6) is 0.248. The minimum atomic E-state index is 0.248. The second-order valence-corrected chi connectivity index (χ2v) is 3.46. The first-order chi connectivity index (χ1) is 5.21. The van der Waals surface area contributed by atoms with Crippen LogP contribution in [0.3, 0.4) is 0 Å². The van der Waals surface area contributed by atoms with Gasteiger partial charge < -0.3 is 5.11 Å². The molecule has 11 heavy (non-hydrogen) atoms. The molecular weight excluding hydrogens is 138 g/mol. The SMILES string of the molecule is CC1(c2ccc(O)cn2)CC1. The third kappa shape index (κ3) is 1.09. The lowest BCUT2D eigenvalue weighted by molar-refractivity contribution is 0.471. The molecule has 2 heteroatoms. The van der Waals surface area contributed by atoms with E-state index in [9.17, 15) is 0 Å². The Bertz CT molecular complexity index is 261. The first kappa shape index (κ1) is 6.65. The fourth-order valence-corrected chi connectivity index (χ4v) is 1.19. The van der Waals surface area contributed by atoms with Gasteiger partial charge in [-0.15, -0.1) is 0 Å². The maximum atomic E-state index is 8.98. The van der Waals surface area contributed by atoms with Gasteiger partial charge in [-0.25, -0.2) is 0 Å². The fourth-order valence-electron chi connectivity index (χ4n) is 1.19. The number of aromatic nitrogens is 1. The van der Waals surface area contributed by atoms with E-state index >= 15 is 0 Å². The van der Waals surface area contributed by atoms with E-state index in [0.29, 0.717) is 5.41 Å². The number of aromatic hydroxyl groups is 1. The molecule has 1 fully saturated rings. The first-order valence-electron chi connectivity index (χ1n) is 3.86. The van der Waals surface area contributed by atoms with Crippen molar-refractivity contribution in [1.82, 2.24) is 4.98 Å². The third-order valence-electron chi connectivity index (χ3n) is 2.37. The summed E-state index contributed by atoms with van der Waals surface area (Å²) in [6, 6.07) is 3.61. The maximum absolute atomic E-state index is 8.98. The molecule has 2 nitrogen and oxygen atoms in total. The van der Waals surface area contributed by atoms with Crippen molar-refractivity contribution in [3.8, 4) is 5.75 Å². The Hall–Kier alpha value is -1.05. The van der Waals surface area contributed by atoms with Crippen LogP contribution in [-0.2, 0) is 5.41 Å². The van der Waals surface area contributed by atoms with Crippen molar-refractivity contribution in [2.24, 2.45) is 0 Å². The van der Waals surface area contributed by atoms with Crippen LogP contribution >= 0.6 is 0 Å². The van der Waals surface area contributed by atoms with Gasteiger partial charge in [0, 0.05) is 11.1 Å². The molecule has 0 amide bonds. The summed E-state index contributed by atoms with van der Waals surface area (Å²) >= 11 is 0. The summed E-state index contributed by atoms with van der Waals surface area (Å²) in [6.45, 7) is 2.20. The molecule has 0 bridgehead atoms. The Morgan fingerprint density at radius 3 is 2.64 bits per heavy atom. The highest BCUT2D eigenvalue weighted by atomic mass is 16.3. The molecule has 0 spiro atoms. The Morgan fingerprint density at radius 2 is 2.18 bits per heavy atom. The number of hydrogen-bond acceptors (Lipinski definition) is 2. The lowest BCUT2D eigenvalue weighted by Crippen LogP contribution is -2.01. The average molecular weight is 149 g/mol. The van der Waals surface area contributed by atoms with Crippen molar-refractivity contribution in [1.29, 1.82) is 0 Å². The van der Waals surface area contributed by atoms with Gasteiger partial charge in [-0.05, 0) is 25.0 Å². The minimum absolute atomic E-state index is 0.248. The second-order valence-electron chi connectivity index (χ2n) is 3.46. The van der Waals surface area contributed by atoms with Gasteiger partial charge in [-0.3, -0.25) is 4.98 Å². The van der Waals surface area contributed by atoms with Gasteiger partial charge in [0.25, 0.3) is 0 Å². The van der Waals surface area contributed by atoms with Gasteiger partial charge in [0.05, 0.1) is 6.20 Å². The summed E-state index contributed by atoms with van der Waals surface area (Å²) in [6.07, 6.45) is 3.97. The number of pyridine rings is 1. The summed E-state index contributed by atoms with van der Waals surface area (Å²) in [5.41, 5.74) is 1.42. The van der Waals surface area contributed by atoms with E-state index in [0.717, 1.165) is 5.69 Å². The normalized spacial score (nSPS) is 19.7. The standard InChI is InChI=1S/C9H11NO/c1-9(4-5-9)8-3-2-7(11)6-10-8/h2-3,6,11H,4-5H2,1H3. The van der Waals surface area contributed by atoms with E-state index in [2.05, 4.69) is 11.9 Å². The predicted molar refractivity (Wildman–Crippen MR) is 42.5 cm³/mol. The molecule has 58 valence electrons. The molecule has 0 radical (unpaired) electrons. The molecule has 0 saturated heterocycles. The molecule has 1 saturated carbocycles. The highest BCUT2D eigenvalue weighted by Gasteiger charge is 2.40. The molecule has 0 aliphatic heterocycles. The van der Waals surface area contributed by atoms with Gasteiger partial charge in [0.1, 0.15) is 5.75 Å². The Balaban J connectivity index is 2.33. The molecule has 0 atom stereocenters. The fraction of sp³-hybridized carbons (Fsp3) is 0.444. The molecule has 0 unspecified atom stereocenters.